The Morgan fingerprint density at radius 2 is 1.83 bits per heavy atom. The number of benzene rings is 2. The molecule has 6 heteroatoms. The van der Waals surface area contributed by atoms with E-state index >= 15 is 0 Å². The van der Waals surface area contributed by atoms with Gasteiger partial charge in [-0.3, -0.25) is 0 Å². The third-order valence-corrected chi connectivity index (χ3v) is 4.70. The second-order valence-electron chi connectivity index (χ2n) is 5.65. The Balaban J connectivity index is 1.55. The van der Waals surface area contributed by atoms with Crippen molar-refractivity contribution in [2.75, 3.05) is 11.9 Å². The number of hydrogen-bond acceptors (Lipinski definition) is 4. The van der Waals surface area contributed by atoms with Gasteiger partial charge in [0.15, 0.2) is 0 Å². The molecule has 0 saturated carbocycles. The molecule has 1 N–H and O–H groups in total. The van der Waals surface area contributed by atoms with E-state index in [4.69, 9.17) is 11.6 Å². The highest BCUT2D eigenvalue weighted by atomic mass is 35.5. The van der Waals surface area contributed by atoms with Crippen LogP contribution in [-0.2, 0) is 6.42 Å². The van der Waals surface area contributed by atoms with Gasteiger partial charge in [0.1, 0.15) is 11.6 Å². The molecule has 0 radical (unpaired) electrons. The van der Waals surface area contributed by atoms with Gasteiger partial charge in [-0.05, 0) is 41.3 Å². The van der Waals surface area contributed by atoms with Crippen LogP contribution in [0.4, 0.5) is 9.52 Å². The van der Waals surface area contributed by atoms with Crippen LogP contribution in [0.15, 0.2) is 48.5 Å². The molecule has 1 unspecified atom stereocenters. The van der Waals surface area contributed by atoms with E-state index in [1.54, 1.807) is 12.1 Å². The number of nitrogens with one attached hydrogen (secondary N) is 1. The summed E-state index contributed by atoms with van der Waals surface area (Å²) in [5.41, 5.74) is 2.22. The van der Waals surface area contributed by atoms with Crippen LogP contribution in [0, 0.1) is 5.82 Å². The van der Waals surface area contributed by atoms with Crippen molar-refractivity contribution in [2.24, 2.45) is 0 Å². The van der Waals surface area contributed by atoms with Gasteiger partial charge in [-0.1, -0.05) is 42.8 Å². The van der Waals surface area contributed by atoms with Gasteiger partial charge in [0.25, 0.3) is 0 Å². The second kappa shape index (κ2) is 7.73. The summed E-state index contributed by atoms with van der Waals surface area (Å²) in [7, 11) is 0. The van der Waals surface area contributed by atoms with E-state index in [1.165, 1.54) is 29.2 Å². The Kier molecular flexibility index (Phi) is 5.43. The van der Waals surface area contributed by atoms with Gasteiger partial charge in [-0.15, -0.1) is 0 Å². The molecule has 0 aliphatic carbocycles. The molecule has 3 rings (SSSR count). The molecule has 1 aromatic heterocycles. The maximum atomic E-state index is 12.9. The number of halogens is 2. The van der Waals surface area contributed by atoms with E-state index in [0.717, 1.165) is 28.1 Å². The summed E-state index contributed by atoms with van der Waals surface area (Å²) in [6, 6.07) is 14.3. The average Bonchev–Trinajstić information content (AvgIpc) is 3.03. The minimum absolute atomic E-state index is 0.233. The molecule has 0 amide bonds. The Morgan fingerprint density at radius 1 is 1.12 bits per heavy atom. The Hall–Kier alpha value is -1.98. The molecule has 0 spiro atoms. The molecule has 124 valence electrons. The van der Waals surface area contributed by atoms with E-state index in [0.29, 0.717) is 12.3 Å². The molecule has 1 atom stereocenters. The van der Waals surface area contributed by atoms with Crippen molar-refractivity contribution in [3.05, 3.63) is 76.3 Å². The predicted molar refractivity (Wildman–Crippen MR) is 97.5 cm³/mol. The third-order valence-electron chi connectivity index (χ3n) is 3.74. The SMILES string of the molecule is CC(CNc1nc(Cc2ccc(F)cc2)ns1)c1ccc(Cl)cc1. The van der Waals surface area contributed by atoms with Crippen molar-refractivity contribution in [1.29, 1.82) is 0 Å². The van der Waals surface area contributed by atoms with Crippen LogP contribution in [-0.4, -0.2) is 15.9 Å². The molecule has 3 nitrogen and oxygen atoms in total. The van der Waals surface area contributed by atoms with Gasteiger partial charge in [-0.2, -0.15) is 4.37 Å². The maximum Gasteiger partial charge on any atom is 0.202 e. The summed E-state index contributed by atoms with van der Waals surface area (Å²) in [4.78, 5) is 4.49. The molecule has 2 aromatic carbocycles. The standard InChI is InChI=1S/C18H17ClFN3S/c1-12(14-4-6-15(19)7-5-14)11-21-18-22-17(23-24-18)10-13-2-8-16(20)9-3-13/h2-9,12H,10-11H2,1H3,(H,21,22,23). The lowest BCUT2D eigenvalue weighted by Crippen LogP contribution is -2.09. The molecule has 3 aromatic rings. The summed E-state index contributed by atoms with van der Waals surface area (Å²) >= 11 is 7.26. The third kappa shape index (κ3) is 4.52. The first-order valence-electron chi connectivity index (χ1n) is 7.66. The first-order valence-corrected chi connectivity index (χ1v) is 8.81. The first kappa shape index (κ1) is 16.9. The smallest absolute Gasteiger partial charge is 0.202 e. The minimum atomic E-state index is -0.233. The molecule has 0 bridgehead atoms. The summed E-state index contributed by atoms with van der Waals surface area (Å²) < 4.78 is 17.3. The second-order valence-corrected chi connectivity index (χ2v) is 6.84. The van der Waals surface area contributed by atoms with Crippen molar-refractivity contribution in [3.8, 4) is 0 Å². The van der Waals surface area contributed by atoms with Crippen molar-refractivity contribution < 1.29 is 4.39 Å². The van der Waals surface area contributed by atoms with Gasteiger partial charge in [-0.25, -0.2) is 9.37 Å². The zero-order valence-corrected chi connectivity index (χ0v) is 14.7. The van der Waals surface area contributed by atoms with Crippen LogP contribution in [0.3, 0.4) is 0 Å². The quantitative estimate of drug-likeness (QED) is 0.660. The number of nitrogens with zero attached hydrogens (tertiary/aromatic N) is 2. The highest BCUT2D eigenvalue weighted by Gasteiger charge is 2.09. The average molecular weight is 362 g/mol. The van der Waals surface area contributed by atoms with Crippen LogP contribution in [0.5, 0.6) is 0 Å². The summed E-state index contributed by atoms with van der Waals surface area (Å²) in [5.74, 6) is 0.850. The number of aromatic nitrogens is 2. The number of rotatable bonds is 6. The van der Waals surface area contributed by atoms with Crippen LogP contribution in [0.2, 0.25) is 5.02 Å². The highest BCUT2D eigenvalue weighted by Crippen LogP contribution is 2.20. The monoisotopic (exact) mass is 361 g/mol. The van der Waals surface area contributed by atoms with Crippen LogP contribution < -0.4 is 5.32 Å². The normalized spacial score (nSPS) is 12.1. The fraction of sp³-hybridized carbons (Fsp3) is 0.222. The van der Waals surface area contributed by atoms with Crippen molar-refractivity contribution in [3.63, 3.8) is 0 Å². The molecule has 24 heavy (non-hydrogen) atoms. The minimum Gasteiger partial charge on any atom is -0.360 e. The Bertz CT molecular complexity index is 787. The maximum absolute atomic E-state index is 12.9. The van der Waals surface area contributed by atoms with E-state index in [1.807, 2.05) is 24.3 Å². The molecule has 0 aliphatic rings. The Morgan fingerprint density at radius 3 is 2.54 bits per heavy atom. The van der Waals surface area contributed by atoms with Crippen molar-refractivity contribution >= 4 is 28.3 Å². The summed E-state index contributed by atoms with van der Waals surface area (Å²) in [5, 5.41) is 4.87. The van der Waals surface area contributed by atoms with Crippen LogP contribution in [0.1, 0.15) is 29.8 Å². The number of anilines is 1. The van der Waals surface area contributed by atoms with Crippen molar-refractivity contribution in [2.45, 2.75) is 19.3 Å². The fourth-order valence-electron chi connectivity index (χ4n) is 2.33. The molecule has 0 fully saturated rings. The van der Waals surface area contributed by atoms with Gasteiger partial charge in [0.05, 0.1) is 0 Å². The van der Waals surface area contributed by atoms with E-state index in [2.05, 4.69) is 21.6 Å². The molecule has 1 heterocycles. The lowest BCUT2D eigenvalue weighted by molar-refractivity contribution is 0.627. The Labute approximate surface area is 149 Å². The van der Waals surface area contributed by atoms with Crippen molar-refractivity contribution in [1.82, 2.24) is 9.36 Å². The van der Waals surface area contributed by atoms with Gasteiger partial charge >= 0.3 is 0 Å². The number of hydrogen-bond donors (Lipinski definition) is 1. The zero-order valence-electron chi connectivity index (χ0n) is 13.2. The lowest BCUT2D eigenvalue weighted by atomic mass is 10.0. The zero-order chi connectivity index (χ0) is 16.9. The van der Waals surface area contributed by atoms with E-state index < -0.39 is 0 Å². The summed E-state index contributed by atoms with van der Waals surface area (Å²) in [6.07, 6.45) is 0.602. The largest absolute Gasteiger partial charge is 0.360 e. The molecular formula is C18H17ClFN3S. The van der Waals surface area contributed by atoms with Gasteiger partial charge < -0.3 is 5.32 Å². The molecular weight excluding hydrogens is 345 g/mol. The van der Waals surface area contributed by atoms with E-state index in [-0.39, 0.29) is 5.82 Å². The summed E-state index contributed by atoms with van der Waals surface area (Å²) in [6.45, 7) is 2.92. The molecule has 0 aliphatic heterocycles. The highest BCUT2D eigenvalue weighted by molar-refractivity contribution is 7.09. The predicted octanol–water partition coefficient (Wildman–Crippen LogP) is 5.14. The van der Waals surface area contributed by atoms with E-state index in [9.17, 15) is 4.39 Å². The topological polar surface area (TPSA) is 37.8 Å². The van der Waals surface area contributed by atoms with Crippen LogP contribution >= 0.6 is 23.1 Å². The molecule has 0 saturated heterocycles. The van der Waals surface area contributed by atoms with Crippen LogP contribution in [0.25, 0.3) is 0 Å². The first-order chi connectivity index (χ1) is 11.6. The van der Waals surface area contributed by atoms with Gasteiger partial charge in [0, 0.05) is 29.5 Å². The van der Waals surface area contributed by atoms with Gasteiger partial charge in [0.2, 0.25) is 5.13 Å². The fourth-order valence-corrected chi connectivity index (χ4v) is 3.05. The lowest BCUT2D eigenvalue weighted by Gasteiger charge is -2.12.